The van der Waals surface area contributed by atoms with E-state index < -0.39 is 11.4 Å². The van der Waals surface area contributed by atoms with Crippen LogP contribution in [0.2, 0.25) is 0 Å². The van der Waals surface area contributed by atoms with Crippen LogP contribution in [0, 0.1) is 11.3 Å². The Hall–Kier alpha value is -0.610. The summed E-state index contributed by atoms with van der Waals surface area (Å²) < 4.78 is 5.47. The first kappa shape index (κ1) is 14.8. The van der Waals surface area contributed by atoms with Crippen LogP contribution in [0.1, 0.15) is 46.0 Å². The van der Waals surface area contributed by atoms with Crippen molar-refractivity contribution in [1.29, 1.82) is 0 Å². The normalized spacial score (nSPS) is 28.0. The minimum Gasteiger partial charge on any atom is -0.481 e. The third-order valence-electron chi connectivity index (χ3n) is 4.34. The van der Waals surface area contributed by atoms with Gasteiger partial charge in [0.15, 0.2) is 0 Å². The molecule has 0 amide bonds. The van der Waals surface area contributed by atoms with E-state index in [1.54, 1.807) is 0 Å². The van der Waals surface area contributed by atoms with Gasteiger partial charge in [-0.05, 0) is 44.6 Å². The molecule has 4 nitrogen and oxygen atoms in total. The van der Waals surface area contributed by atoms with Crippen molar-refractivity contribution in [2.45, 2.75) is 52.0 Å². The van der Waals surface area contributed by atoms with Crippen LogP contribution in [-0.4, -0.2) is 48.3 Å². The zero-order valence-electron chi connectivity index (χ0n) is 12.2. The van der Waals surface area contributed by atoms with Gasteiger partial charge in [0.2, 0.25) is 0 Å². The smallest absolute Gasteiger partial charge is 0.313 e. The van der Waals surface area contributed by atoms with Crippen LogP contribution in [0.5, 0.6) is 0 Å². The predicted octanol–water partition coefficient (Wildman–Crippen LogP) is 2.38. The number of carbonyl (C=O) groups is 1. The molecular weight excluding hydrogens is 242 g/mol. The summed E-state index contributed by atoms with van der Waals surface area (Å²) in [6.07, 6.45) is 5.23. The summed E-state index contributed by atoms with van der Waals surface area (Å²) in [6, 6.07) is 0.622. The Labute approximate surface area is 116 Å². The number of carboxylic acids is 1. The largest absolute Gasteiger partial charge is 0.481 e. The van der Waals surface area contributed by atoms with E-state index >= 15 is 0 Å². The van der Waals surface area contributed by atoms with Gasteiger partial charge in [0.05, 0.1) is 6.61 Å². The lowest BCUT2D eigenvalue weighted by atomic mass is 9.82. The highest BCUT2D eigenvalue weighted by atomic mass is 16.5. The minimum atomic E-state index is -0.678. The van der Waals surface area contributed by atoms with E-state index in [4.69, 9.17) is 4.74 Å². The maximum absolute atomic E-state index is 11.7. The van der Waals surface area contributed by atoms with Gasteiger partial charge in [-0.15, -0.1) is 0 Å². The fraction of sp³-hybridized carbons (Fsp3) is 0.933. The highest BCUT2D eigenvalue weighted by Gasteiger charge is 2.44. The van der Waals surface area contributed by atoms with Gasteiger partial charge in [-0.25, -0.2) is 0 Å². The lowest BCUT2D eigenvalue weighted by Gasteiger charge is -2.38. The third kappa shape index (κ3) is 3.93. The lowest BCUT2D eigenvalue weighted by molar-refractivity contribution is -0.159. The van der Waals surface area contributed by atoms with Crippen molar-refractivity contribution in [3.05, 3.63) is 0 Å². The lowest BCUT2D eigenvalue weighted by Crippen LogP contribution is -2.49. The van der Waals surface area contributed by atoms with Gasteiger partial charge >= 0.3 is 5.97 Å². The molecule has 1 aliphatic heterocycles. The summed E-state index contributed by atoms with van der Waals surface area (Å²) in [5.74, 6) is -0.00738. The molecule has 1 saturated carbocycles. The van der Waals surface area contributed by atoms with Crippen molar-refractivity contribution in [3.8, 4) is 0 Å². The van der Waals surface area contributed by atoms with Crippen LogP contribution < -0.4 is 0 Å². The molecule has 4 heteroatoms. The Kier molecular flexibility index (Phi) is 4.85. The van der Waals surface area contributed by atoms with Gasteiger partial charge in [-0.1, -0.05) is 13.8 Å². The molecule has 1 unspecified atom stereocenters. The molecule has 0 aromatic heterocycles. The van der Waals surface area contributed by atoms with Crippen LogP contribution in [0.15, 0.2) is 0 Å². The zero-order valence-corrected chi connectivity index (χ0v) is 12.2. The molecular formula is C15H27NO3. The average molecular weight is 269 g/mol. The molecule has 19 heavy (non-hydrogen) atoms. The van der Waals surface area contributed by atoms with Gasteiger partial charge in [0.1, 0.15) is 5.41 Å². The van der Waals surface area contributed by atoms with Gasteiger partial charge in [-0.2, -0.15) is 0 Å². The molecule has 0 radical (unpaired) electrons. The van der Waals surface area contributed by atoms with Gasteiger partial charge in [0, 0.05) is 19.2 Å². The van der Waals surface area contributed by atoms with Crippen LogP contribution in [0.25, 0.3) is 0 Å². The second-order valence-corrected chi connectivity index (χ2v) is 6.63. The first-order valence-electron chi connectivity index (χ1n) is 7.59. The Morgan fingerprint density at radius 2 is 2.21 bits per heavy atom. The molecule has 0 aromatic carbocycles. The molecule has 1 heterocycles. The number of carboxylic acid groups (broad SMARTS) is 1. The summed E-state index contributed by atoms with van der Waals surface area (Å²) in [5, 5.41) is 9.61. The number of hydrogen-bond donors (Lipinski definition) is 1. The standard InChI is InChI=1S/C15H27NO3/c1-12(2)6-8-16(13-4-5-13)10-15(14(17)18)7-3-9-19-11-15/h12-13H,3-11H2,1-2H3,(H,17,18). The number of ether oxygens (including phenoxy) is 1. The highest BCUT2D eigenvalue weighted by molar-refractivity contribution is 5.75. The third-order valence-corrected chi connectivity index (χ3v) is 4.34. The molecule has 2 fully saturated rings. The monoisotopic (exact) mass is 269 g/mol. The summed E-state index contributed by atoms with van der Waals surface area (Å²) in [5.41, 5.74) is -0.669. The highest BCUT2D eigenvalue weighted by Crippen LogP contribution is 2.35. The van der Waals surface area contributed by atoms with Crippen LogP contribution in [-0.2, 0) is 9.53 Å². The molecule has 1 saturated heterocycles. The van der Waals surface area contributed by atoms with Gasteiger partial charge in [-0.3, -0.25) is 9.69 Å². The summed E-state index contributed by atoms with van der Waals surface area (Å²) in [4.78, 5) is 14.1. The zero-order chi connectivity index (χ0) is 13.9. The van der Waals surface area contributed by atoms with E-state index in [9.17, 15) is 9.90 Å². The second kappa shape index (κ2) is 6.23. The van der Waals surface area contributed by atoms with Crippen molar-refractivity contribution in [1.82, 2.24) is 4.90 Å². The number of aliphatic carboxylic acids is 1. The minimum absolute atomic E-state index is 0.382. The van der Waals surface area contributed by atoms with E-state index in [1.165, 1.54) is 12.8 Å². The molecule has 1 atom stereocenters. The Morgan fingerprint density at radius 1 is 1.47 bits per heavy atom. The molecule has 1 aliphatic carbocycles. The van der Waals surface area contributed by atoms with Crippen molar-refractivity contribution in [3.63, 3.8) is 0 Å². The van der Waals surface area contributed by atoms with Crippen molar-refractivity contribution in [2.24, 2.45) is 11.3 Å². The van der Waals surface area contributed by atoms with Crippen LogP contribution in [0.3, 0.4) is 0 Å². The summed E-state index contributed by atoms with van der Waals surface area (Å²) in [6.45, 7) is 7.23. The van der Waals surface area contributed by atoms with Crippen LogP contribution >= 0.6 is 0 Å². The predicted molar refractivity (Wildman–Crippen MR) is 74.2 cm³/mol. The maximum Gasteiger partial charge on any atom is 0.313 e. The number of hydrogen-bond acceptors (Lipinski definition) is 3. The first-order chi connectivity index (χ1) is 9.03. The second-order valence-electron chi connectivity index (χ2n) is 6.63. The Bertz CT molecular complexity index is 307. The molecule has 1 N–H and O–H groups in total. The van der Waals surface area contributed by atoms with Crippen molar-refractivity contribution < 1.29 is 14.6 Å². The van der Waals surface area contributed by atoms with Crippen molar-refractivity contribution >= 4 is 5.97 Å². The molecule has 2 rings (SSSR count). The molecule has 110 valence electrons. The van der Waals surface area contributed by atoms with E-state index in [0.717, 1.165) is 25.8 Å². The quantitative estimate of drug-likeness (QED) is 0.771. The van der Waals surface area contributed by atoms with Gasteiger partial charge in [0.25, 0.3) is 0 Å². The summed E-state index contributed by atoms with van der Waals surface area (Å²) in [7, 11) is 0. The van der Waals surface area contributed by atoms with Crippen LogP contribution in [0.4, 0.5) is 0 Å². The molecule has 0 spiro atoms. The summed E-state index contributed by atoms with van der Waals surface area (Å²) >= 11 is 0. The number of rotatable bonds is 7. The average Bonchev–Trinajstić information content (AvgIpc) is 3.19. The van der Waals surface area contributed by atoms with E-state index in [0.29, 0.717) is 31.7 Å². The topological polar surface area (TPSA) is 49.8 Å². The molecule has 0 aromatic rings. The fourth-order valence-electron chi connectivity index (χ4n) is 2.86. The van der Waals surface area contributed by atoms with E-state index in [1.807, 2.05) is 0 Å². The first-order valence-corrected chi connectivity index (χ1v) is 7.59. The SMILES string of the molecule is CC(C)CCN(CC1(C(=O)O)CCCOC1)C1CC1. The molecule has 0 bridgehead atoms. The van der Waals surface area contributed by atoms with E-state index in [2.05, 4.69) is 18.7 Å². The van der Waals surface area contributed by atoms with Crippen molar-refractivity contribution in [2.75, 3.05) is 26.3 Å². The molecule has 2 aliphatic rings. The van der Waals surface area contributed by atoms with Gasteiger partial charge < -0.3 is 9.84 Å². The Morgan fingerprint density at radius 3 is 2.68 bits per heavy atom. The van der Waals surface area contributed by atoms with E-state index in [-0.39, 0.29) is 0 Å². The maximum atomic E-state index is 11.7. The fourth-order valence-corrected chi connectivity index (χ4v) is 2.86. The Balaban J connectivity index is 1.98. The number of nitrogens with zero attached hydrogens (tertiary/aromatic N) is 1.